The molecule has 0 amide bonds. The number of nitrogens with zero attached hydrogens (tertiary/aromatic N) is 1. The number of hydrogen-bond donors (Lipinski definition) is 2. The summed E-state index contributed by atoms with van der Waals surface area (Å²) in [5.74, 6) is 0. The first-order valence-electron chi connectivity index (χ1n) is 7.51. The fourth-order valence-electron chi connectivity index (χ4n) is 2.64. The van der Waals surface area contributed by atoms with Crippen LogP contribution in [0.4, 0.5) is 5.69 Å². The van der Waals surface area contributed by atoms with Gasteiger partial charge in [0.05, 0.1) is 6.10 Å². The van der Waals surface area contributed by atoms with Crippen molar-refractivity contribution in [1.82, 2.24) is 5.32 Å². The Hall–Kier alpha value is -1.06. The predicted molar refractivity (Wildman–Crippen MR) is 80.6 cm³/mol. The van der Waals surface area contributed by atoms with E-state index in [1.54, 1.807) is 0 Å². The molecule has 3 nitrogen and oxygen atoms in total. The Morgan fingerprint density at radius 1 is 1.26 bits per heavy atom. The first kappa shape index (κ1) is 14.4. The van der Waals surface area contributed by atoms with Crippen molar-refractivity contribution in [2.75, 3.05) is 24.5 Å². The minimum Gasteiger partial charge on any atom is -0.393 e. The maximum atomic E-state index is 9.53. The first-order valence-corrected chi connectivity index (χ1v) is 7.51. The van der Waals surface area contributed by atoms with Gasteiger partial charge in [-0.05, 0) is 44.4 Å². The SMILES string of the molecule is CCC(O)CCNC1CCN(c2ccccc2)CC1. The average molecular weight is 262 g/mol. The molecule has 1 atom stereocenters. The number of benzene rings is 1. The number of anilines is 1. The van der Waals surface area contributed by atoms with Crippen LogP contribution in [0, 0.1) is 0 Å². The van der Waals surface area contributed by atoms with Crippen molar-refractivity contribution in [1.29, 1.82) is 0 Å². The van der Waals surface area contributed by atoms with Gasteiger partial charge in [0.15, 0.2) is 0 Å². The van der Waals surface area contributed by atoms with E-state index in [1.165, 1.54) is 18.5 Å². The number of rotatable bonds is 6. The van der Waals surface area contributed by atoms with Gasteiger partial charge >= 0.3 is 0 Å². The van der Waals surface area contributed by atoms with Crippen LogP contribution < -0.4 is 10.2 Å². The van der Waals surface area contributed by atoms with Crippen molar-refractivity contribution in [2.24, 2.45) is 0 Å². The monoisotopic (exact) mass is 262 g/mol. The molecule has 0 radical (unpaired) electrons. The molecule has 2 N–H and O–H groups in total. The summed E-state index contributed by atoms with van der Waals surface area (Å²) in [4.78, 5) is 2.46. The molecular formula is C16H26N2O. The normalized spacial score (nSPS) is 18.5. The Labute approximate surface area is 116 Å². The van der Waals surface area contributed by atoms with Gasteiger partial charge in [-0.3, -0.25) is 0 Å². The summed E-state index contributed by atoms with van der Waals surface area (Å²) in [6.07, 6.45) is 3.97. The number of aliphatic hydroxyl groups is 1. The summed E-state index contributed by atoms with van der Waals surface area (Å²) < 4.78 is 0. The Morgan fingerprint density at radius 2 is 1.95 bits per heavy atom. The van der Waals surface area contributed by atoms with Gasteiger partial charge in [-0.1, -0.05) is 25.1 Å². The molecule has 0 bridgehead atoms. The highest BCUT2D eigenvalue weighted by atomic mass is 16.3. The van der Waals surface area contributed by atoms with E-state index in [0.29, 0.717) is 6.04 Å². The second-order valence-electron chi connectivity index (χ2n) is 5.40. The smallest absolute Gasteiger partial charge is 0.0549 e. The van der Waals surface area contributed by atoms with E-state index < -0.39 is 0 Å². The topological polar surface area (TPSA) is 35.5 Å². The minimum atomic E-state index is -0.142. The van der Waals surface area contributed by atoms with Gasteiger partial charge in [-0.15, -0.1) is 0 Å². The summed E-state index contributed by atoms with van der Waals surface area (Å²) in [5.41, 5.74) is 1.34. The molecule has 1 unspecified atom stereocenters. The zero-order chi connectivity index (χ0) is 13.5. The van der Waals surface area contributed by atoms with E-state index in [2.05, 4.69) is 40.5 Å². The van der Waals surface area contributed by atoms with E-state index in [4.69, 9.17) is 0 Å². The molecule has 1 fully saturated rings. The van der Waals surface area contributed by atoms with Crippen LogP contribution in [0.5, 0.6) is 0 Å². The van der Waals surface area contributed by atoms with E-state index in [0.717, 1.165) is 32.5 Å². The number of nitrogens with one attached hydrogen (secondary N) is 1. The Morgan fingerprint density at radius 3 is 2.58 bits per heavy atom. The molecule has 0 saturated carbocycles. The van der Waals surface area contributed by atoms with Crippen LogP contribution in [0.3, 0.4) is 0 Å². The lowest BCUT2D eigenvalue weighted by Gasteiger charge is -2.34. The van der Waals surface area contributed by atoms with Crippen LogP contribution in [-0.2, 0) is 0 Å². The third kappa shape index (κ3) is 4.51. The summed E-state index contributed by atoms with van der Waals surface area (Å²) in [5, 5.41) is 13.1. The summed E-state index contributed by atoms with van der Waals surface area (Å²) >= 11 is 0. The van der Waals surface area contributed by atoms with Crippen molar-refractivity contribution >= 4 is 5.69 Å². The second-order valence-corrected chi connectivity index (χ2v) is 5.40. The fourth-order valence-corrected chi connectivity index (χ4v) is 2.64. The molecule has 1 aliphatic rings. The predicted octanol–water partition coefficient (Wildman–Crippen LogP) is 2.41. The molecule has 1 saturated heterocycles. The summed E-state index contributed by atoms with van der Waals surface area (Å²) in [6.45, 7) is 5.21. The standard InChI is InChI=1S/C16H26N2O/c1-2-16(19)8-11-17-14-9-12-18(13-10-14)15-6-4-3-5-7-15/h3-7,14,16-17,19H,2,8-13H2,1H3. The zero-order valence-corrected chi connectivity index (χ0v) is 11.9. The molecule has 1 aromatic carbocycles. The second kappa shape index (κ2) is 7.51. The van der Waals surface area contributed by atoms with Gasteiger partial charge in [-0.25, -0.2) is 0 Å². The maximum Gasteiger partial charge on any atom is 0.0549 e. The van der Waals surface area contributed by atoms with Crippen molar-refractivity contribution in [3.8, 4) is 0 Å². The molecular weight excluding hydrogens is 236 g/mol. The number of piperidine rings is 1. The lowest BCUT2D eigenvalue weighted by Crippen LogP contribution is -2.43. The quantitative estimate of drug-likeness (QED) is 0.826. The minimum absolute atomic E-state index is 0.142. The van der Waals surface area contributed by atoms with Crippen LogP contribution in [0.25, 0.3) is 0 Å². The zero-order valence-electron chi connectivity index (χ0n) is 11.9. The van der Waals surface area contributed by atoms with E-state index in [9.17, 15) is 5.11 Å². The highest BCUT2D eigenvalue weighted by Gasteiger charge is 2.18. The molecule has 0 aromatic heterocycles. The molecule has 0 aliphatic carbocycles. The van der Waals surface area contributed by atoms with Crippen molar-refractivity contribution in [2.45, 2.75) is 44.8 Å². The first-order chi connectivity index (χ1) is 9.29. The van der Waals surface area contributed by atoms with Gasteiger partial charge in [-0.2, -0.15) is 0 Å². The number of para-hydroxylation sites is 1. The molecule has 19 heavy (non-hydrogen) atoms. The Kier molecular flexibility index (Phi) is 5.67. The van der Waals surface area contributed by atoms with Gasteiger partial charge < -0.3 is 15.3 Å². The lowest BCUT2D eigenvalue weighted by molar-refractivity contribution is 0.158. The van der Waals surface area contributed by atoms with Crippen LogP contribution >= 0.6 is 0 Å². The fraction of sp³-hybridized carbons (Fsp3) is 0.625. The third-order valence-electron chi connectivity index (χ3n) is 4.00. The van der Waals surface area contributed by atoms with Crippen molar-refractivity contribution < 1.29 is 5.11 Å². The van der Waals surface area contributed by atoms with Gasteiger partial charge in [0.2, 0.25) is 0 Å². The molecule has 1 heterocycles. The molecule has 2 rings (SSSR count). The van der Waals surface area contributed by atoms with Gasteiger partial charge in [0.25, 0.3) is 0 Å². The van der Waals surface area contributed by atoms with Gasteiger partial charge in [0, 0.05) is 24.8 Å². The van der Waals surface area contributed by atoms with Crippen LogP contribution in [0.2, 0.25) is 0 Å². The molecule has 106 valence electrons. The molecule has 1 aromatic rings. The summed E-state index contributed by atoms with van der Waals surface area (Å²) in [7, 11) is 0. The van der Waals surface area contributed by atoms with Crippen molar-refractivity contribution in [3.05, 3.63) is 30.3 Å². The van der Waals surface area contributed by atoms with E-state index in [1.807, 2.05) is 6.92 Å². The highest BCUT2D eigenvalue weighted by molar-refractivity contribution is 5.46. The number of hydrogen-bond acceptors (Lipinski definition) is 3. The Balaban J connectivity index is 1.68. The van der Waals surface area contributed by atoms with Crippen molar-refractivity contribution in [3.63, 3.8) is 0 Å². The summed E-state index contributed by atoms with van der Waals surface area (Å²) in [6, 6.07) is 11.3. The molecule has 3 heteroatoms. The maximum absolute atomic E-state index is 9.53. The van der Waals surface area contributed by atoms with E-state index >= 15 is 0 Å². The molecule has 1 aliphatic heterocycles. The average Bonchev–Trinajstić information content (AvgIpc) is 2.48. The Bertz CT molecular complexity index is 347. The van der Waals surface area contributed by atoms with Crippen LogP contribution in [0.15, 0.2) is 30.3 Å². The third-order valence-corrected chi connectivity index (χ3v) is 4.00. The van der Waals surface area contributed by atoms with E-state index in [-0.39, 0.29) is 6.10 Å². The highest BCUT2D eigenvalue weighted by Crippen LogP contribution is 2.19. The van der Waals surface area contributed by atoms with Gasteiger partial charge in [0.1, 0.15) is 0 Å². The lowest BCUT2D eigenvalue weighted by atomic mass is 10.0. The molecule has 0 spiro atoms. The van der Waals surface area contributed by atoms with Crippen LogP contribution in [0.1, 0.15) is 32.6 Å². The number of aliphatic hydroxyl groups excluding tert-OH is 1. The largest absolute Gasteiger partial charge is 0.393 e. The van der Waals surface area contributed by atoms with Crippen LogP contribution in [-0.4, -0.2) is 36.9 Å².